The third kappa shape index (κ3) is 3.95. The molecule has 0 bridgehead atoms. The van der Waals surface area contributed by atoms with E-state index in [0.29, 0.717) is 0 Å². The molecule has 4 heterocycles. The maximum Gasteiger partial charge on any atom is 0.170 e. The SMILES string of the molecule is Cc1cc(-n2cccc2[C@@H]2[C@@H](c3ccccn3)NC(=S)N2C[C@H]2CCCO2)ccc1Cl. The molecule has 1 N–H and O–H groups in total. The zero-order valence-electron chi connectivity index (χ0n) is 17.4. The molecule has 3 atom stereocenters. The maximum absolute atomic E-state index is 6.28. The number of hydrogen-bond acceptors (Lipinski definition) is 3. The Hall–Kier alpha value is -2.41. The molecule has 31 heavy (non-hydrogen) atoms. The summed E-state index contributed by atoms with van der Waals surface area (Å²) in [6.07, 6.45) is 6.30. The number of benzene rings is 1. The standard InChI is InChI=1S/C24H25ClN4OS/c1-16-14-17(9-10-19(16)25)28-12-4-8-21(28)23-22(20-7-2-3-11-26-20)27-24(31)29(23)15-18-6-5-13-30-18/h2-4,7-12,14,18,22-23H,5-6,13,15H2,1H3,(H,27,31)/t18-,22-,23-/m1/s1. The van der Waals surface area contributed by atoms with Crippen molar-refractivity contribution in [2.75, 3.05) is 13.2 Å². The Labute approximate surface area is 193 Å². The van der Waals surface area contributed by atoms with Gasteiger partial charge in [-0.15, -0.1) is 0 Å². The van der Waals surface area contributed by atoms with Crippen LogP contribution in [0.15, 0.2) is 60.9 Å². The van der Waals surface area contributed by atoms with Crippen LogP contribution in [0.25, 0.3) is 5.69 Å². The van der Waals surface area contributed by atoms with E-state index >= 15 is 0 Å². The van der Waals surface area contributed by atoms with Crippen LogP contribution in [0.3, 0.4) is 0 Å². The minimum atomic E-state index is -0.0443. The molecule has 1 aromatic carbocycles. The molecule has 2 aliphatic rings. The van der Waals surface area contributed by atoms with Gasteiger partial charge in [-0.2, -0.15) is 0 Å². The highest BCUT2D eigenvalue weighted by Crippen LogP contribution is 2.40. The minimum Gasteiger partial charge on any atom is -0.376 e. The summed E-state index contributed by atoms with van der Waals surface area (Å²) in [6, 6.07) is 16.4. The van der Waals surface area contributed by atoms with E-state index in [1.165, 1.54) is 0 Å². The molecule has 0 aliphatic carbocycles. The van der Waals surface area contributed by atoms with Crippen molar-refractivity contribution in [3.63, 3.8) is 0 Å². The van der Waals surface area contributed by atoms with E-state index in [1.54, 1.807) is 0 Å². The van der Waals surface area contributed by atoms with E-state index in [2.05, 4.69) is 56.3 Å². The van der Waals surface area contributed by atoms with Gasteiger partial charge in [0.05, 0.1) is 23.9 Å². The van der Waals surface area contributed by atoms with Gasteiger partial charge in [0.1, 0.15) is 0 Å². The summed E-state index contributed by atoms with van der Waals surface area (Å²) in [5, 5.41) is 5.05. The van der Waals surface area contributed by atoms with Crippen LogP contribution in [0.4, 0.5) is 0 Å². The minimum absolute atomic E-state index is 0.00224. The second-order valence-electron chi connectivity index (χ2n) is 8.15. The summed E-state index contributed by atoms with van der Waals surface area (Å²) in [5.41, 5.74) is 4.26. The average molecular weight is 453 g/mol. The van der Waals surface area contributed by atoms with Gasteiger partial charge in [0.2, 0.25) is 0 Å². The molecular formula is C24H25ClN4OS. The van der Waals surface area contributed by atoms with E-state index < -0.39 is 0 Å². The van der Waals surface area contributed by atoms with Crippen LogP contribution in [0.5, 0.6) is 0 Å². The number of nitrogens with one attached hydrogen (secondary N) is 1. The number of pyridine rings is 1. The number of aryl methyl sites for hydroxylation is 1. The highest BCUT2D eigenvalue weighted by molar-refractivity contribution is 7.80. The number of thiocarbonyl (C=S) groups is 1. The Balaban J connectivity index is 1.57. The largest absolute Gasteiger partial charge is 0.376 e. The molecule has 0 saturated carbocycles. The zero-order valence-corrected chi connectivity index (χ0v) is 18.9. The van der Waals surface area contributed by atoms with Crippen LogP contribution in [0.1, 0.15) is 41.9 Å². The van der Waals surface area contributed by atoms with Crippen molar-refractivity contribution in [2.45, 2.75) is 38.0 Å². The highest BCUT2D eigenvalue weighted by atomic mass is 35.5. The molecule has 2 aromatic heterocycles. The lowest BCUT2D eigenvalue weighted by atomic mass is 10.0. The van der Waals surface area contributed by atoms with Crippen LogP contribution in [0, 0.1) is 6.92 Å². The first-order valence-corrected chi connectivity index (χ1v) is 11.4. The lowest BCUT2D eigenvalue weighted by molar-refractivity contribution is 0.0836. The van der Waals surface area contributed by atoms with Gasteiger partial charge >= 0.3 is 0 Å². The van der Waals surface area contributed by atoms with Crippen LogP contribution >= 0.6 is 23.8 Å². The predicted molar refractivity (Wildman–Crippen MR) is 127 cm³/mol. The fourth-order valence-corrected chi connectivity index (χ4v) is 5.01. The second-order valence-corrected chi connectivity index (χ2v) is 8.94. The van der Waals surface area contributed by atoms with Gasteiger partial charge in [-0.25, -0.2) is 0 Å². The third-order valence-electron chi connectivity index (χ3n) is 6.13. The first kappa shape index (κ1) is 20.5. The summed E-state index contributed by atoms with van der Waals surface area (Å²) in [7, 11) is 0. The number of aromatic nitrogens is 2. The normalized spacial score (nSPS) is 23.4. The molecule has 5 nitrogen and oxygen atoms in total. The quantitative estimate of drug-likeness (QED) is 0.552. The molecule has 0 amide bonds. The van der Waals surface area contributed by atoms with Crippen molar-refractivity contribution in [1.29, 1.82) is 0 Å². The van der Waals surface area contributed by atoms with Crippen LogP contribution < -0.4 is 5.32 Å². The maximum atomic E-state index is 6.28. The predicted octanol–water partition coefficient (Wildman–Crippen LogP) is 4.99. The van der Waals surface area contributed by atoms with E-state index in [4.69, 9.17) is 28.6 Å². The molecule has 5 rings (SSSR count). The zero-order chi connectivity index (χ0) is 21.4. The summed E-state index contributed by atoms with van der Waals surface area (Å²) >= 11 is 12.1. The van der Waals surface area contributed by atoms with Gasteiger partial charge in [-0.3, -0.25) is 4.98 Å². The number of hydrogen-bond donors (Lipinski definition) is 1. The van der Waals surface area contributed by atoms with Gasteiger partial charge in [-0.1, -0.05) is 17.7 Å². The topological polar surface area (TPSA) is 42.3 Å². The summed E-state index contributed by atoms with van der Waals surface area (Å²) < 4.78 is 8.17. The molecule has 3 aromatic rings. The molecule has 2 saturated heterocycles. The lowest BCUT2D eigenvalue weighted by Gasteiger charge is -2.30. The Bertz CT molecular complexity index is 1080. The van der Waals surface area contributed by atoms with E-state index in [0.717, 1.165) is 58.8 Å². The van der Waals surface area contributed by atoms with Crippen LogP contribution in [-0.2, 0) is 4.74 Å². The van der Waals surface area contributed by atoms with Crippen LogP contribution in [-0.4, -0.2) is 38.8 Å². The molecule has 2 fully saturated rings. The molecule has 0 spiro atoms. The molecule has 0 radical (unpaired) electrons. The van der Waals surface area contributed by atoms with Crippen molar-refractivity contribution in [3.8, 4) is 5.69 Å². The monoisotopic (exact) mass is 452 g/mol. The van der Waals surface area contributed by atoms with Crippen molar-refractivity contribution in [1.82, 2.24) is 19.8 Å². The molecular weight excluding hydrogens is 428 g/mol. The number of ether oxygens (including phenoxy) is 1. The lowest BCUT2D eigenvalue weighted by Crippen LogP contribution is -2.36. The second kappa shape index (κ2) is 8.61. The van der Waals surface area contributed by atoms with Gasteiger partial charge in [0.15, 0.2) is 5.11 Å². The van der Waals surface area contributed by atoms with Gasteiger partial charge in [-0.05, 0) is 80.0 Å². The van der Waals surface area contributed by atoms with Gasteiger partial charge < -0.3 is 19.5 Å². The molecule has 7 heteroatoms. The van der Waals surface area contributed by atoms with Crippen molar-refractivity contribution in [2.24, 2.45) is 0 Å². The van der Waals surface area contributed by atoms with E-state index in [9.17, 15) is 0 Å². The Morgan fingerprint density at radius 1 is 1.23 bits per heavy atom. The summed E-state index contributed by atoms with van der Waals surface area (Å²) in [5.74, 6) is 0. The highest BCUT2D eigenvalue weighted by Gasteiger charge is 2.42. The number of rotatable bonds is 5. The first-order valence-electron chi connectivity index (χ1n) is 10.7. The summed E-state index contributed by atoms with van der Waals surface area (Å²) in [6.45, 7) is 3.62. The Kier molecular flexibility index (Phi) is 5.69. The number of halogens is 1. The molecule has 2 aliphatic heterocycles. The van der Waals surface area contributed by atoms with Crippen molar-refractivity contribution < 1.29 is 4.74 Å². The third-order valence-corrected chi connectivity index (χ3v) is 6.90. The van der Waals surface area contributed by atoms with E-state index in [-0.39, 0.29) is 18.2 Å². The van der Waals surface area contributed by atoms with Gasteiger partial charge in [0, 0.05) is 41.9 Å². The molecule has 160 valence electrons. The Morgan fingerprint density at radius 3 is 2.87 bits per heavy atom. The van der Waals surface area contributed by atoms with Crippen molar-refractivity contribution >= 4 is 28.9 Å². The fraction of sp³-hybridized carbons (Fsp3) is 0.333. The smallest absolute Gasteiger partial charge is 0.170 e. The Morgan fingerprint density at radius 2 is 2.13 bits per heavy atom. The van der Waals surface area contributed by atoms with E-state index in [1.807, 2.05) is 31.3 Å². The fourth-order valence-electron chi connectivity index (χ4n) is 4.58. The van der Waals surface area contributed by atoms with Crippen molar-refractivity contribution in [3.05, 3.63) is 82.9 Å². The summed E-state index contributed by atoms with van der Waals surface area (Å²) in [4.78, 5) is 6.92. The first-order chi connectivity index (χ1) is 15.1. The van der Waals surface area contributed by atoms with Crippen LogP contribution in [0.2, 0.25) is 5.02 Å². The number of nitrogens with zero attached hydrogens (tertiary/aromatic N) is 3. The molecule has 0 unspecified atom stereocenters. The average Bonchev–Trinajstić information content (AvgIpc) is 3.52. The van der Waals surface area contributed by atoms with Gasteiger partial charge in [0.25, 0.3) is 0 Å².